The standard InChI is InChI=1S/C18H18ClN3O4/c1-25-13-8-5-11(9-14(13)26-2)16-15(19)18(24)22(16)21-17(23)10-3-6-12(20)7-4-10/h3-9,15-16H,20H2,1-2H3,(H,21,23)/t15-,16-/m1/s1. The number of carbonyl (C=O) groups is 2. The second-order valence-electron chi connectivity index (χ2n) is 5.73. The molecule has 0 saturated carbocycles. The van der Waals surface area contributed by atoms with Crippen LogP contribution in [0.3, 0.4) is 0 Å². The van der Waals surface area contributed by atoms with Crippen molar-refractivity contribution in [3.05, 3.63) is 53.6 Å². The van der Waals surface area contributed by atoms with Crippen molar-refractivity contribution in [3.63, 3.8) is 0 Å². The van der Waals surface area contributed by atoms with E-state index in [0.717, 1.165) is 5.56 Å². The van der Waals surface area contributed by atoms with Crippen molar-refractivity contribution in [3.8, 4) is 11.5 Å². The summed E-state index contributed by atoms with van der Waals surface area (Å²) >= 11 is 6.18. The number of methoxy groups -OCH3 is 2. The lowest BCUT2D eigenvalue weighted by atomic mass is 9.95. The van der Waals surface area contributed by atoms with Gasteiger partial charge in [0, 0.05) is 11.3 Å². The van der Waals surface area contributed by atoms with E-state index in [4.69, 9.17) is 26.8 Å². The number of amides is 2. The maximum Gasteiger partial charge on any atom is 0.269 e. The maximum atomic E-state index is 12.4. The van der Waals surface area contributed by atoms with Gasteiger partial charge in [0.25, 0.3) is 11.8 Å². The number of nitrogen functional groups attached to an aromatic ring is 1. The Labute approximate surface area is 155 Å². The number of β-lactam (4-membered cyclic amide) rings is 1. The van der Waals surface area contributed by atoms with Crippen LogP contribution in [-0.4, -0.2) is 36.4 Å². The first-order chi connectivity index (χ1) is 12.5. The number of hydrazine groups is 1. The molecular formula is C18H18ClN3O4. The molecule has 2 amide bonds. The SMILES string of the molecule is COc1ccc([C@@H]2[C@@H](Cl)C(=O)N2NC(=O)c2ccc(N)cc2)cc1OC. The zero-order valence-electron chi connectivity index (χ0n) is 14.2. The topological polar surface area (TPSA) is 93.9 Å². The van der Waals surface area contributed by atoms with Crippen molar-refractivity contribution in [2.75, 3.05) is 20.0 Å². The number of nitrogens with two attached hydrogens (primary N) is 1. The van der Waals surface area contributed by atoms with Gasteiger partial charge in [0.2, 0.25) is 0 Å². The van der Waals surface area contributed by atoms with Crippen molar-refractivity contribution in [1.29, 1.82) is 0 Å². The van der Waals surface area contributed by atoms with Gasteiger partial charge in [-0.25, -0.2) is 5.01 Å². The van der Waals surface area contributed by atoms with Gasteiger partial charge in [0.05, 0.1) is 14.2 Å². The Morgan fingerprint density at radius 1 is 1.12 bits per heavy atom. The first-order valence-electron chi connectivity index (χ1n) is 7.82. The highest BCUT2D eigenvalue weighted by atomic mass is 35.5. The van der Waals surface area contributed by atoms with Gasteiger partial charge in [-0.15, -0.1) is 11.6 Å². The van der Waals surface area contributed by atoms with E-state index in [1.54, 1.807) is 42.5 Å². The van der Waals surface area contributed by atoms with E-state index in [1.165, 1.54) is 19.2 Å². The van der Waals surface area contributed by atoms with Crippen molar-refractivity contribution < 1.29 is 19.1 Å². The summed E-state index contributed by atoms with van der Waals surface area (Å²) < 4.78 is 10.5. The summed E-state index contributed by atoms with van der Waals surface area (Å²) in [5, 5.41) is 0.442. The number of hydrogen-bond acceptors (Lipinski definition) is 5. The third kappa shape index (κ3) is 3.13. The number of benzene rings is 2. The van der Waals surface area contributed by atoms with Gasteiger partial charge in [-0.1, -0.05) is 6.07 Å². The summed E-state index contributed by atoms with van der Waals surface area (Å²) in [6, 6.07) is 11.1. The number of ether oxygens (including phenoxy) is 2. The van der Waals surface area contributed by atoms with Crippen LogP contribution in [0.2, 0.25) is 0 Å². The molecule has 1 aliphatic heterocycles. The van der Waals surface area contributed by atoms with E-state index in [2.05, 4.69) is 5.43 Å². The first kappa shape index (κ1) is 17.9. The van der Waals surface area contributed by atoms with E-state index < -0.39 is 17.3 Å². The Morgan fingerprint density at radius 3 is 2.38 bits per heavy atom. The Morgan fingerprint density at radius 2 is 1.77 bits per heavy atom. The molecule has 0 bridgehead atoms. The van der Waals surface area contributed by atoms with Crippen molar-refractivity contribution >= 4 is 29.1 Å². The van der Waals surface area contributed by atoms with Gasteiger partial charge in [-0.2, -0.15) is 0 Å². The van der Waals surface area contributed by atoms with E-state index in [0.29, 0.717) is 22.7 Å². The van der Waals surface area contributed by atoms with Crippen LogP contribution in [0.4, 0.5) is 5.69 Å². The Kier molecular flexibility index (Phi) is 4.90. The maximum absolute atomic E-state index is 12.4. The van der Waals surface area contributed by atoms with Crippen LogP contribution in [0.5, 0.6) is 11.5 Å². The van der Waals surface area contributed by atoms with Crippen molar-refractivity contribution in [2.24, 2.45) is 0 Å². The fourth-order valence-corrected chi connectivity index (χ4v) is 3.10. The molecule has 0 spiro atoms. The third-order valence-electron chi connectivity index (χ3n) is 4.17. The number of alkyl halides is 1. The number of anilines is 1. The van der Waals surface area contributed by atoms with Gasteiger partial charge >= 0.3 is 0 Å². The van der Waals surface area contributed by atoms with Gasteiger partial charge in [0.15, 0.2) is 11.5 Å². The van der Waals surface area contributed by atoms with Crippen LogP contribution < -0.4 is 20.6 Å². The Balaban J connectivity index is 1.82. The van der Waals surface area contributed by atoms with Crippen LogP contribution in [0.1, 0.15) is 22.0 Å². The van der Waals surface area contributed by atoms with Crippen LogP contribution in [0, 0.1) is 0 Å². The van der Waals surface area contributed by atoms with Crippen LogP contribution in [0.15, 0.2) is 42.5 Å². The summed E-state index contributed by atoms with van der Waals surface area (Å²) in [7, 11) is 3.06. The lowest BCUT2D eigenvalue weighted by Crippen LogP contribution is -2.63. The first-order valence-corrected chi connectivity index (χ1v) is 8.25. The molecule has 8 heteroatoms. The molecule has 2 aromatic carbocycles. The van der Waals surface area contributed by atoms with Gasteiger partial charge < -0.3 is 15.2 Å². The number of nitrogens with one attached hydrogen (secondary N) is 1. The third-order valence-corrected chi connectivity index (χ3v) is 4.60. The van der Waals surface area contributed by atoms with Crippen LogP contribution >= 0.6 is 11.6 Å². The summed E-state index contributed by atoms with van der Waals surface area (Å²) in [6.07, 6.45) is 0. The second kappa shape index (κ2) is 7.13. The molecule has 2 aromatic rings. The summed E-state index contributed by atoms with van der Waals surface area (Å²) in [4.78, 5) is 24.5. The lowest BCUT2D eigenvalue weighted by molar-refractivity contribution is -0.149. The minimum Gasteiger partial charge on any atom is -0.493 e. The number of halogens is 1. The van der Waals surface area contributed by atoms with Gasteiger partial charge in [-0.3, -0.25) is 15.0 Å². The second-order valence-corrected chi connectivity index (χ2v) is 6.20. The molecule has 0 radical (unpaired) electrons. The molecule has 0 unspecified atom stereocenters. The molecular weight excluding hydrogens is 358 g/mol. The molecule has 3 N–H and O–H groups in total. The molecule has 1 saturated heterocycles. The number of carbonyl (C=O) groups excluding carboxylic acids is 2. The minimum atomic E-state index is -0.778. The van der Waals surface area contributed by atoms with Gasteiger partial charge in [0.1, 0.15) is 11.4 Å². The molecule has 26 heavy (non-hydrogen) atoms. The van der Waals surface area contributed by atoms with Crippen molar-refractivity contribution in [1.82, 2.24) is 10.4 Å². The summed E-state index contributed by atoms with van der Waals surface area (Å²) in [5.41, 5.74) is 9.87. The molecule has 1 fully saturated rings. The van der Waals surface area contributed by atoms with E-state index in [-0.39, 0.29) is 5.91 Å². The van der Waals surface area contributed by atoms with Crippen molar-refractivity contribution in [2.45, 2.75) is 11.4 Å². The average Bonchev–Trinajstić information content (AvgIpc) is 2.67. The predicted octanol–water partition coefficient (Wildman–Crippen LogP) is 2.12. The largest absolute Gasteiger partial charge is 0.493 e. The molecule has 0 aromatic heterocycles. The van der Waals surface area contributed by atoms with E-state index in [1.807, 2.05) is 0 Å². The summed E-state index contributed by atoms with van der Waals surface area (Å²) in [5.74, 6) is 0.270. The molecule has 1 aliphatic rings. The fraction of sp³-hybridized carbons (Fsp3) is 0.222. The average molecular weight is 376 g/mol. The fourth-order valence-electron chi connectivity index (χ4n) is 2.74. The van der Waals surface area contributed by atoms with Gasteiger partial charge in [-0.05, 0) is 42.0 Å². The lowest BCUT2D eigenvalue weighted by Gasteiger charge is -2.44. The quantitative estimate of drug-likeness (QED) is 0.474. The molecule has 7 nitrogen and oxygen atoms in total. The highest BCUT2D eigenvalue weighted by Gasteiger charge is 2.48. The number of nitrogens with zero attached hydrogens (tertiary/aromatic N) is 1. The molecule has 1 heterocycles. The van der Waals surface area contributed by atoms with Crippen LogP contribution in [-0.2, 0) is 4.79 Å². The summed E-state index contributed by atoms with van der Waals surface area (Å²) in [6.45, 7) is 0. The predicted molar refractivity (Wildman–Crippen MR) is 97.1 cm³/mol. The number of rotatable bonds is 5. The highest BCUT2D eigenvalue weighted by Crippen LogP contribution is 2.40. The molecule has 2 atom stereocenters. The number of hydrogen-bond donors (Lipinski definition) is 2. The Bertz CT molecular complexity index is 841. The molecule has 3 rings (SSSR count). The van der Waals surface area contributed by atoms with E-state index >= 15 is 0 Å². The zero-order chi connectivity index (χ0) is 18.8. The Hall–Kier alpha value is -2.93. The monoisotopic (exact) mass is 375 g/mol. The normalized spacial score (nSPS) is 18.9. The van der Waals surface area contributed by atoms with E-state index in [9.17, 15) is 9.59 Å². The minimum absolute atomic E-state index is 0.379. The molecule has 136 valence electrons. The molecule has 0 aliphatic carbocycles. The smallest absolute Gasteiger partial charge is 0.269 e. The highest BCUT2D eigenvalue weighted by molar-refractivity contribution is 6.33. The zero-order valence-corrected chi connectivity index (χ0v) is 15.0. The van der Waals surface area contributed by atoms with Crippen LogP contribution in [0.25, 0.3) is 0 Å².